The molecule has 0 spiro atoms. The summed E-state index contributed by atoms with van der Waals surface area (Å²) in [6.45, 7) is 24.0. The second-order valence-corrected chi connectivity index (χ2v) is 18.4. The standard InChI is InChI=1S/C30H45NOSi/c1-10-28(5)24-16-15-20-19-22-21-13-11-12-14-23(21)31-26(22)30(20,7)29(24,6)18-17-25(28)32-33(8,9)27(2,3)4/h10-14,20,24-25,31H,1,15-19H2,2-9H3/t20-,24-,25-,28-,29-,30+/m0/s1. The Morgan fingerprint density at radius 3 is 2.45 bits per heavy atom. The minimum atomic E-state index is -1.86. The van der Waals surface area contributed by atoms with Crippen molar-refractivity contribution < 1.29 is 4.43 Å². The Balaban J connectivity index is 1.58. The third-order valence-electron chi connectivity index (χ3n) is 11.4. The van der Waals surface area contributed by atoms with Gasteiger partial charge in [0.05, 0.1) is 6.10 Å². The molecule has 0 saturated heterocycles. The molecule has 6 atom stereocenters. The number of aromatic amines is 1. The monoisotopic (exact) mass is 463 g/mol. The summed E-state index contributed by atoms with van der Waals surface area (Å²) in [7, 11) is -1.86. The summed E-state index contributed by atoms with van der Waals surface area (Å²) in [4.78, 5) is 3.94. The van der Waals surface area contributed by atoms with Gasteiger partial charge >= 0.3 is 0 Å². The highest BCUT2D eigenvalue weighted by Gasteiger charge is 2.66. The van der Waals surface area contributed by atoms with E-state index in [0.717, 1.165) is 12.3 Å². The molecule has 1 N–H and O–H groups in total. The summed E-state index contributed by atoms with van der Waals surface area (Å²) in [5.41, 5.74) is 4.87. The Morgan fingerprint density at radius 1 is 1.09 bits per heavy atom. The number of hydrogen-bond acceptors (Lipinski definition) is 1. The van der Waals surface area contributed by atoms with Crippen molar-refractivity contribution in [2.45, 2.75) is 103 Å². The molecule has 2 saturated carbocycles. The van der Waals surface area contributed by atoms with Crippen LogP contribution in [0.5, 0.6) is 0 Å². The molecular weight excluding hydrogens is 418 g/mol. The van der Waals surface area contributed by atoms with Gasteiger partial charge in [-0.1, -0.05) is 65.8 Å². The first-order valence-electron chi connectivity index (χ1n) is 13.2. The van der Waals surface area contributed by atoms with E-state index in [1.54, 1.807) is 5.56 Å². The summed E-state index contributed by atoms with van der Waals surface area (Å²) in [5.74, 6) is 1.32. The molecule has 33 heavy (non-hydrogen) atoms. The average molecular weight is 464 g/mol. The van der Waals surface area contributed by atoms with Crippen LogP contribution in [0.4, 0.5) is 0 Å². The molecule has 1 heterocycles. The van der Waals surface area contributed by atoms with E-state index in [2.05, 4.69) is 96.5 Å². The molecule has 180 valence electrons. The highest BCUT2D eigenvalue weighted by Crippen LogP contribution is 2.70. The first-order chi connectivity index (χ1) is 15.3. The van der Waals surface area contributed by atoms with E-state index in [0.29, 0.717) is 5.92 Å². The summed E-state index contributed by atoms with van der Waals surface area (Å²) >= 11 is 0. The minimum Gasteiger partial charge on any atom is -0.413 e. The molecule has 0 unspecified atom stereocenters. The molecule has 3 heteroatoms. The van der Waals surface area contributed by atoms with Gasteiger partial charge in [0.1, 0.15) is 0 Å². The molecule has 5 rings (SSSR count). The van der Waals surface area contributed by atoms with Gasteiger partial charge in [-0.05, 0) is 79.1 Å². The van der Waals surface area contributed by atoms with Crippen molar-refractivity contribution in [1.82, 2.24) is 4.98 Å². The average Bonchev–Trinajstić information content (AvgIpc) is 3.25. The predicted molar refractivity (Wildman–Crippen MR) is 143 cm³/mol. The Labute approximate surface area is 202 Å². The number of rotatable bonds is 3. The van der Waals surface area contributed by atoms with E-state index in [4.69, 9.17) is 4.43 Å². The van der Waals surface area contributed by atoms with Crippen molar-refractivity contribution in [3.05, 3.63) is 48.2 Å². The lowest BCUT2D eigenvalue weighted by Crippen LogP contribution is -2.63. The number of H-pyrrole nitrogens is 1. The topological polar surface area (TPSA) is 25.0 Å². The third kappa shape index (κ3) is 2.94. The second kappa shape index (κ2) is 7.10. The fraction of sp³-hybridized carbons (Fsp3) is 0.667. The minimum absolute atomic E-state index is 0.00523. The smallest absolute Gasteiger partial charge is 0.192 e. The van der Waals surface area contributed by atoms with Crippen LogP contribution < -0.4 is 0 Å². The molecule has 0 amide bonds. The van der Waals surface area contributed by atoms with Gasteiger partial charge in [0.25, 0.3) is 0 Å². The predicted octanol–water partition coefficient (Wildman–Crippen LogP) is 8.39. The molecule has 2 fully saturated rings. The second-order valence-electron chi connectivity index (χ2n) is 13.7. The van der Waals surface area contributed by atoms with Crippen LogP contribution in [0.2, 0.25) is 18.1 Å². The van der Waals surface area contributed by atoms with Crippen LogP contribution in [0.1, 0.15) is 78.5 Å². The van der Waals surface area contributed by atoms with E-state index < -0.39 is 8.32 Å². The zero-order chi connectivity index (χ0) is 24.0. The first kappa shape index (κ1) is 23.4. The maximum atomic E-state index is 7.17. The lowest BCUT2D eigenvalue weighted by molar-refractivity contribution is -0.140. The van der Waals surface area contributed by atoms with E-state index >= 15 is 0 Å². The van der Waals surface area contributed by atoms with Gasteiger partial charge in [-0.25, -0.2) is 0 Å². The number of hydrogen-bond donors (Lipinski definition) is 1. The van der Waals surface area contributed by atoms with Gasteiger partial charge in [-0.15, -0.1) is 6.58 Å². The fourth-order valence-electron chi connectivity index (χ4n) is 8.09. The van der Waals surface area contributed by atoms with Crippen LogP contribution in [0, 0.1) is 22.7 Å². The molecule has 0 bridgehead atoms. The number of para-hydroxylation sites is 1. The molecule has 0 aliphatic heterocycles. The summed E-state index contributed by atoms with van der Waals surface area (Å²) in [5, 5.41) is 1.68. The van der Waals surface area contributed by atoms with E-state index in [1.165, 1.54) is 42.3 Å². The number of nitrogens with one attached hydrogen (secondary N) is 1. The summed E-state index contributed by atoms with van der Waals surface area (Å²) in [6.07, 6.45) is 8.77. The third-order valence-corrected chi connectivity index (χ3v) is 15.9. The molecule has 2 nitrogen and oxygen atoms in total. The van der Waals surface area contributed by atoms with Crippen molar-refractivity contribution in [3.8, 4) is 0 Å². The van der Waals surface area contributed by atoms with Gasteiger partial charge < -0.3 is 9.41 Å². The van der Waals surface area contributed by atoms with E-state index in [1.807, 2.05) is 0 Å². The van der Waals surface area contributed by atoms with Crippen molar-refractivity contribution in [3.63, 3.8) is 0 Å². The van der Waals surface area contributed by atoms with Gasteiger partial charge in [-0.2, -0.15) is 0 Å². The maximum Gasteiger partial charge on any atom is 0.192 e. The molecule has 3 aliphatic rings. The van der Waals surface area contributed by atoms with Crippen molar-refractivity contribution in [2.24, 2.45) is 22.7 Å². The van der Waals surface area contributed by atoms with Crippen molar-refractivity contribution >= 4 is 19.2 Å². The highest BCUT2D eigenvalue weighted by atomic mass is 28.4. The Kier molecular flexibility index (Phi) is 5.04. The molecular formula is C30H45NOSi. The lowest BCUT2D eigenvalue weighted by Gasteiger charge is -2.65. The zero-order valence-corrected chi connectivity index (χ0v) is 23.3. The molecule has 2 aromatic rings. The quantitative estimate of drug-likeness (QED) is 0.359. The van der Waals surface area contributed by atoms with Crippen LogP contribution in [-0.2, 0) is 16.3 Å². The van der Waals surface area contributed by atoms with Gasteiger partial charge in [-0.3, -0.25) is 0 Å². The first-order valence-corrected chi connectivity index (χ1v) is 16.1. The largest absolute Gasteiger partial charge is 0.413 e. The molecule has 1 aromatic heterocycles. The van der Waals surface area contributed by atoms with Crippen molar-refractivity contribution in [1.29, 1.82) is 0 Å². The van der Waals surface area contributed by atoms with E-state index in [9.17, 15) is 0 Å². The van der Waals surface area contributed by atoms with Crippen molar-refractivity contribution in [2.75, 3.05) is 0 Å². The molecule has 0 radical (unpaired) electrons. The zero-order valence-electron chi connectivity index (χ0n) is 22.3. The fourth-order valence-corrected chi connectivity index (χ4v) is 9.53. The van der Waals surface area contributed by atoms with Gasteiger partial charge in [0, 0.05) is 27.4 Å². The van der Waals surface area contributed by atoms with Gasteiger partial charge in [0.15, 0.2) is 8.32 Å². The van der Waals surface area contributed by atoms with E-state index in [-0.39, 0.29) is 27.4 Å². The number of aromatic nitrogens is 1. The van der Waals surface area contributed by atoms with Crippen LogP contribution >= 0.6 is 0 Å². The lowest BCUT2D eigenvalue weighted by atomic mass is 9.41. The summed E-state index contributed by atoms with van der Waals surface area (Å²) in [6, 6.07) is 8.94. The Hall–Kier alpha value is -1.32. The Bertz CT molecular complexity index is 1090. The highest BCUT2D eigenvalue weighted by molar-refractivity contribution is 6.74. The maximum absolute atomic E-state index is 7.17. The normalized spacial score (nSPS) is 38.6. The molecule has 1 aromatic carbocycles. The Morgan fingerprint density at radius 2 is 1.79 bits per heavy atom. The number of benzene rings is 1. The van der Waals surface area contributed by atoms with Gasteiger partial charge in [0.2, 0.25) is 0 Å². The SMILES string of the molecule is C=C[C@]1(C)[C@@H](O[Si](C)(C)C(C)(C)C)CC[C@@]2(C)[C@H]1CC[C@H]1Cc3c([nH]c4ccccc34)[C@@]12C. The molecule has 3 aliphatic carbocycles. The van der Waals surface area contributed by atoms with Crippen LogP contribution in [-0.4, -0.2) is 19.4 Å². The van der Waals surface area contributed by atoms with Crippen LogP contribution in [0.3, 0.4) is 0 Å². The van der Waals surface area contributed by atoms with Crippen LogP contribution in [0.25, 0.3) is 10.9 Å². The number of fused-ring (bicyclic) bond motifs is 7. The summed E-state index contributed by atoms with van der Waals surface area (Å²) < 4.78 is 7.17. The van der Waals surface area contributed by atoms with Crippen LogP contribution in [0.15, 0.2) is 36.9 Å².